The average Bonchev–Trinajstić information content (AvgIpc) is 2.39. The lowest BCUT2D eigenvalue weighted by Crippen LogP contribution is -2.54. The van der Waals surface area contributed by atoms with Crippen molar-refractivity contribution in [1.82, 2.24) is 0 Å². The number of nitrogens with two attached hydrogens (primary N) is 1. The topological polar surface area (TPSA) is 43.1 Å². The number of amides is 1. The first-order valence-electron chi connectivity index (χ1n) is 7.47. The Bertz CT molecular complexity index is 570. The van der Waals surface area contributed by atoms with Gasteiger partial charge in [0, 0.05) is 5.41 Å². The van der Waals surface area contributed by atoms with E-state index < -0.39 is 5.41 Å². The summed E-state index contributed by atoms with van der Waals surface area (Å²) in [5.74, 6) is -0.166. The first kappa shape index (κ1) is 13.6. The van der Waals surface area contributed by atoms with E-state index in [1.807, 2.05) is 13.0 Å². The molecule has 3 atom stereocenters. The molecule has 0 radical (unpaired) electrons. The minimum Gasteiger partial charge on any atom is -0.369 e. The zero-order valence-corrected chi connectivity index (χ0v) is 12.2. The molecule has 2 aliphatic rings. The number of hydrogen-bond donors (Lipinski definition) is 1. The predicted molar refractivity (Wildman–Crippen MR) is 76.7 cm³/mol. The fourth-order valence-corrected chi connectivity index (χ4v) is 4.73. The Labute approximate surface area is 119 Å². The molecule has 0 saturated heterocycles. The third kappa shape index (κ3) is 1.72. The Kier molecular flexibility index (Phi) is 2.93. The van der Waals surface area contributed by atoms with Gasteiger partial charge < -0.3 is 5.73 Å². The molecule has 20 heavy (non-hydrogen) atoms. The molecule has 3 unspecified atom stereocenters. The maximum Gasteiger partial charge on any atom is 0.223 e. The van der Waals surface area contributed by atoms with Crippen molar-refractivity contribution in [2.45, 2.75) is 51.4 Å². The first-order chi connectivity index (χ1) is 9.38. The maximum atomic E-state index is 13.7. The van der Waals surface area contributed by atoms with Gasteiger partial charge in [0.1, 0.15) is 5.82 Å². The van der Waals surface area contributed by atoms with Gasteiger partial charge in [-0.15, -0.1) is 0 Å². The van der Waals surface area contributed by atoms with Gasteiger partial charge in [0.25, 0.3) is 0 Å². The fraction of sp³-hybridized carbons (Fsp3) is 0.588. The van der Waals surface area contributed by atoms with Crippen molar-refractivity contribution < 1.29 is 9.18 Å². The quantitative estimate of drug-likeness (QED) is 0.839. The molecule has 1 fully saturated rings. The van der Waals surface area contributed by atoms with Crippen LogP contribution < -0.4 is 5.73 Å². The number of hydrogen-bond acceptors (Lipinski definition) is 1. The van der Waals surface area contributed by atoms with Crippen molar-refractivity contribution >= 4 is 5.91 Å². The number of carbonyl (C=O) groups is 1. The molecule has 108 valence electrons. The third-order valence-electron chi connectivity index (χ3n) is 5.88. The number of halogens is 1. The van der Waals surface area contributed by atoms with Crippen LogP contribution in [0.2, 0.25) is 0 Å². The number of aryl methyl sites for hydroxylation is 1. The number of fused-ring (bicyclic) bond motifs is 3. The maximum absolute atomic E-state index is 13.7. The van der Waals surface area contributed by atoms with Gasteiger partial charge in [0.15, 0.2) is 0 Å². The first-order valence-corrected chi connectivity index (χ1v) is 7.47. The van der Waals surface area contributed by atoms with Crippen LogP contribution in [0.4, 0.5) is 4.39 Å². The standard InChI is InChI=1S/C17H22FNO/c1-16-8-3-9-17(2,15(19)20)14(16)7-5-11-4-6-12(18)10-13(11)16/h4,6,10,14H,3,5,7-9H2,1-2H3,(H2,19,20). The second kappa shape index (κ2) is 4.31. The summed E-state index contributed by atoms with van der Waals surface area (Å²) < 4.78 is 13.7. The summed E-state index contributed by atoms with van der Waals surface area (Å²) in [6, 6.07) is 5.12. The van der Waals surface area contributed by atoms with Crippen molar-refractivity contribution in [3.63, 3.8) is 0 Å². The molecule has 1 aromatic rings. The van der Waals surface area contributed by atoms with Gasteiger partial charge in [-0.3, -0.25) is 4.79 Å². The lowest BCUT2D eigenvalue weighted by molar-refractivity contribution is -0.135. The summed E-state index contributed by atoms with van der Waals surface area (Å²) in [5.41, 5.74) is 7.45. The average molecular weight is 275 g/mol. The van der Waals surface area contributed by atoms with Gasteiger partial charge in [-0.1, -0.05) is 26.3 Å². The number of benzene rings is 1. The molecule has 1 amide bonds. The smallest absolute Gasteiger partial charge is 0.223 e. The Morgan fingerprint density at radius 2 is 2.10 bits per heavy atom. The van der Waals surface area contributed by atoms with Crippen LogP contribution in [-0.4, -0.2) is 5.91 Å². The van der Waals surface area contributed by atoms with E-state index in [-0.39, 0.29) is 23.1 Å². The molecule has 0 spiro atoms. The Morgan fingerprint density at radius 3 is 2.80 bits per heavy atom. The predicted octanol–water partition coefficient (Wildman–Crippen LogP) is 3.32. The largest absolute Gasteiger partial charge is 0.369 e. The van der Waals surface area contributed by atoms with E-state index in [0.29, 0.717) is 0 Å². The minimum atomic E-state index is -0.461. The molecule has 2 aliphatic carbocycles. The highest BCUT2D eigenvalue weighted by molar-refractivity contribution is 5.81. The van der Waals surface area contributed by atoms with Crippen LogP contribution in [0.25, 0.3) is 0 Å². The molecule has 0 heterocycles. The van der Waals surface area contributed by atoms with E-state index in [1.54, 1.807) is 12.1 Å². The van der Waals surface area contributed by atoms with E-state index >= 15 is 0 Å². The van der Waals surface area contributed by atoms with E-state index in [2.05, 4.69) is 6.92 Å². The molecule has 1 aromatic carbocycles. The third-order valence-corrected chi connectivity index (χ3v) is 5.88. The van der Waals surface area contributed by atoms with Crippen LogP contribution in [0.3, 0.4) is 0 Å². The van der Waals surface area contributed by atoms with Crippen molar-refractivity contribution in [3.8, 4) is 0 Å². The van der Waals surface area contributed by atoms with Gasteiger partial charge in [0.05, 0.1) is 0 Å². The minimum absolute atomic E-state index is 0.127. The zero-order valence-electron chi connectivity index (χ0n) is 12.2. The molecular formula is C17H22FNO. The normalized spacial score (nSPS) is 36.0. The molecule has 3 heteroatoms. The van der Waals surface area contributed by atoms with Crippen molar-refractivity contribution in [3.05, 3.63) is 35.1 Å². The summed E-state index contributed by atoms with van der Waals surface area (Å²) in [4.78, 5) is 12.0. The molecule has 0 aliphatic heterocycles. The summed E-state index contributed by atoms with van der Waals surface area (Å²) in [6.07, 6.45) is 4.72. The van der Waals surface area contributed by atoms with Crippen molar-refractivity contribution in [2.24, 2.45) is 17.1 Å². The van der Waals surface area contributed by atoms with Crippen LogP contribution in [0.5, 0.6) is 0 Å². The van der Waals surface area contributed by atoms with Gasteiger partial charge in [-0.2, -0.15) is 0 Å². The van der Waals surface area contributed by atoms with Gasteiger partial charge in [-0.25, -0.2) is 4.39 Å². The number of rotatable bonds is 1. The van der Waals surface area contributed by atoms with E-state index in [9.17, 15) is 9.18 Å². The summed E-state index contributed by atoms with van der Waals surface area (Å²) in [7, 11) is 0. The summed E-state index contributed by atoms with van der Waals surface area (Å²) in [6.45, 7) is 4.19. The van der Waals surface area contributed by atoms with E-state index in [1.165, 1.54) is 5.56 Å². The lowest BCUT2D eigenvalue weighted by atomic mass is 9.49. The van der Waals surface area contributed by atoms with Gasteiger partial charge in [0.2, 0.25) is 5.91 Å². The van der Waals surface area contributed by atoms with Gasteiger partial charge in [-0.05, 0) is 60.3 Å². The van der Waals surface area contributed by atoms with E-state index in [0.717, 1.165) is 37.7 Å². The van der Waals surface area contributed by atoms with Crippen LogP contribution in [-0.2, 0) is 16.6 Å². The van der Waals surface area contributed by atoms with Crippen LogP contribution in [0, 0.1) is 17.2 Å². The monoisotopic (exact) mass is 275 g/mol. The molecule has 3 rings (SSSR count). The molecule has 0 bridgehead atoms. The Morgan fingerprint density at radius 1 is 1.35 bits per heavy atom. The molecule has 2 nitrogen and oxygen atoms in total. The summed E-state index contributed by atoms with van der Waals surface area (Å²) in [5, 5.41) is 0. The van der Waals surface area contributed by atoms with Crippen LogP contribution >= 0.6 is 0 Å². The second-order valence-corrected chi connectivity index (χ2v) is 6.95. The zero-order chi connectivity index (χ0) is 14.5. The van der Waals surface area contributed by atoms with Crippen LogP contribution in [0.1, 0.15) is 50.7 Å². The molecule has 2 N–H and O–H groups in total. The molecule has 0 aromatic heterocycles. The Balaban J connectivity index is 2.13. The second-order valence-electron chi connectivity index (χ2n) is 6.95. The van der Waals surface area contributed by atoms with Crippen molar-refractivity contribution in [1.29, 1.82) is 0 Å². The van der Waals surface area contributed by atoms with Crippen LogP contribution in [0.15, 0.2) is 18.2 Å². The highest BCUT2D eigenvalue weighted by Gasteiger charge is 2.54. The van der Waals surface area contributed by atoms with E-state index in [4.69, 9.17) is 5.73 Å². The number of primary amides is 1. The SMILES string of the molecule is CC1(C(N)=O)CCCC2(C)c3cc(F)ccc3CCC12. The summed E-state index contributed by atoms with van der Waals surface area (Å²) >= 11 is 0. The molecule has 1 saturated carbocycles. The molecular weight excluding hydrogens is 253 g/mol. The Hall–Kier alpha value is -1.38. The highest BCUT2D eigenvalue weighted by Crippen LogP contribution is 2.57. The number of carbonyl (C=O) groups excluding carboxylic acids is 1. The van der Waals surface area contributed by atoms with Gasteiger partial charge >= 0.3 is 0 Å². The van der Waals surface area contributed by atoms with Crippen molar-refractivity contribution in [2.75, 3.05) is 0 Å². The fourth-order valence-electron chi connectivity index (χ4n) is 4.73. The lowest BCUT2D eigenvalue weighted by Gasteiger charge is -2.54. The highest BCUT2D eigenvalue weighted by atomic mass is 19.1.